The van der Waals surface area contributed by atoms with Crippen LogP contribution in [-0.4, -0.2) is 29.5 Å². The van der Waals surface area contributed by atoms with Gasteiger partial charge in [0.25, 0.3) is 0 Å². The van der Waals surface area contributed by atoms with Crippen molar-refractivity contribution >= 4 is 11.6 Å². The average molecular weight is 445 g/mol. The summed E-state index contributed by atoms with van der Waals surface area (Å²) >= 11 is 6.14. The van der Waals surface area contributed by atoms with E-state index in [9.17, 15) is 5.11 Å². The van der Waals surface area contributed by atoms with Gasteiger partial charge in [-0.15, -0.1) is 0 Å². The molecule has 0 saturated heterocycles. The fourth-order valence-electron chi connectivity index (χ4n) is 8.20. The molecule has 0 bridgehead atoms. The summed E-state index contributed by atoms with van der Waals surface area (Å²) in [6.07, 6.45) is 11.5. The van der Waals surface area contributed by atoms with Gasteiger partial charge in [0.2, 0.25) is 0 Å². The highest BCUT2D eigenvalue weighted by molar-refractivity contribution is 6.30. The number of aliphatic hydroxyl groups excluding tert-OH is 1. The Kier molecular flexibility index (Phi) is 5.57. The van der Waals surface area contributed by atoms with E-state index in [0.717, 1.165) is 49.1 Å². The Morgan fingerprint density at radius 3 is 2.52 bits per heavy atom. The Bertz CT molecular complexity index is 851. The topological polar surface area (TPSA) is 49.7 Å². The molecular weight excluding hydrogens is 408 g/mol. The third-order valence-corrected chi connectivity index (χ3v) is 10.2. The molecule has 0 spiro atoms. The second-order valence-electron chi connectivity index (χ2n) is 11.1. The van der Waals surface area contributed by atoms with Crippen LogP contribution in [0.5, 0.6) is 0 Å². The van der Waals surface area contributed by atoms with Crippen LogP contribution in [0, 0.1) is 28.6 Å². The van der Waals surface area contributed by atoms with E-state index in [1.165, 1.54) is 12.8 Å². The largest absolute Gasteiger partial charge is 0.394 e. The van der Waals surface area contributed by atoms with Gasteiger partial charge in [-0.1, -0.05) is 49.2 Å². The van der Waals surface area contributed by atoms with Gasteiger partial charge in [0.05, 0.1) is 24.9 Å². The fourth-order valence-corrected chi connectivity index (χ4v) is 8.33. The molecule has 170 valence electrons. The van der Waals surface area contributed by atoms with E-state index in [1.54, 1.807) is 5.57 Å². The summed E-state index contributed by atoms with van der Waals surface area (Å²) < 4.78 is 5.90. The number of aliphatic hydroxyl groups is 2. The molecule has 3 nitrogen and oxygen atoms in total. The first-order valence-electron chi connectivity index (χ1n) is 12.2. The van der Waals surface area contributed by atoms with E-state index in [1.807, 2.05) is 24.3 Å². The van der Waals surface area contributed by atoms with Gasteiger partial charge in [0.15, 0.2) is 0 Å². The number of hydrogen-bond acceptors (Lipinski definition) is 3. The highest BCUT2D eigenvalue weighted by Crippen LogP contribution is 2.69. The molecule has 3 fully saturated rings. The molecule has 0 aliphatic heterocycles. The molecule has 0 heterocycles. The number of ether oxygens (including phenoxy) is 1. The smallest absolute Gasteiger partial charge is 0.0952 e. The second kappa shape index (κ2) is 7.87. The maximum absolute atomic E-state index is 12.0. The van der Waals surface area contributed by atoms with Gasteiger partial charge in [0.1, 0.15) is 0 Å². The van der Waals surface area contributed by atoms with Gasteiger partial charge < -0.3 is 14.9 Å². The van der Waals surface area contributed by atoms with Gasteiger partial charge in [-0.25, -0.2) is 0 Å². The zero-order valence-corrected chi connectivity index (χ0v) is 19.7. The predicted molar refractivity (Wildman–Crippen MR) is 124 cm³/mol. The minimum absolute atomic E-state index is 0.0782. The summed E-state index contributed by atoms with van der Waals surface area (Å²) in [6.45, 7) is 5.41. The summed E-state index contributed by atoms with van der Waals surface area (Å²) in [6, 6.07) is 7.92. The SMILES string of the molecule is C[C@]12CC[C@H](OCCO)CC1=CC[C@@H]1[C@@H]2CC[C@@]2(C)[C@H]1CC[C@@]2(O)c1ccc(Cl)cc1. The molecule has 5 rings (SSSR count). The normalized spacial score (nSPS) is 44.2. The van der Waals surface area contributed by atoms with Gasteiger partial charge in [0, 0.05) is 10.4 Å². The first-order chi connectivity index (χ1) is 14.8. The Hall–Kier alpha value is -0.870. The van der Waals surface area contributed by atoms with E-state index in [2.05, 4.69) is 19.9 Å². The standard InChI is InChI=1S/C27H37ClO3/c1-25-12-9-21(31-16-15-29)17-19(25)5-8-22-23(25)10-13-26(2)24(22)11-14-27(26,30)18-3-6-20(28)7-4-18/h3-7,21-24,29-30H,8-17H2,1-2H3/t21-,22+,23-,24-,25-,26-,27+/m0/s1. The fraction of sp³-hybridized carbons (Fsp3) is 0.704. The van der Waals surface area contributed by atoms with Crippen molar-refractivity contribution in [1.82, 2.24) is 0 Å². The van der Waals surface area contributed by atoms with Crippen molar-refractivity contribution in [3.05, 3.63) is 46.5 Å². The molecule has 0 radical (unpaired) electrons. The van der Waals surface area contributed by atoms with Crippen LogP contribution in [0.15, 0.2) is 35.9 Å². The van der Waals surface area contributed by atoms with Crippen molar-refractivity contribution in [2.24, 2.45) is 28.6 Å². The lowest BCUT2D eigenvalue weighted by Crippen LogP contribution is -2.53. The van der Waals surface area contributed by atoms with Gasteiger partial charge >= 0.3 is 0 Å². The Morgan fingerprint density at radius 2 is 1.77 bits per heavy atom. The van der Waals surface area contributed by atoms with Crippen LogP contribution in [0.3, 0.4) is 0 Å². The zero-order chi connectivity index (χ0) is 21.9. The molecule has 7 atom stereocenters. The molecule has 0 unspecified atom stereocenters. The summed E-state index contributed by atoms with van der Waals surface area (Å²) in [5, 5.41) is 21.9. The first kappa shape index (κ1) is 21.9. The highest BCUT2D eigenvalue weighted by atomic mass is 35.5. The van der Waals surface area contributed by atoms with E-state index >= 15 is 0 Å². The number of halogens is 1. The zero-order valence-electron chi connectivity index (χ0n) is 18.9. The lowest BCUT2D eigenvalue weighted by Gasteiger charge is -2.59. The molecule has 3 saturated carbocycles. The Morgan fingerprint density at radius 1 is 1.03 bits per heavy atom. The third-order valence-electron chi connectivity index (χ3n) is 9.98. The summed E-state index contributed by atoms with van der Waals surface area (Å²) in [5.41, 5.74) is 2.07. The van der Waals surface area contributed by atoms with Crippen LogP contribution < -0.4 is 0 Å². The molecule has 4 aliphatic carbocycles. The Labute approximate surface area is 191 Å². The highest BCUT2D eigenvalue weighted by Gasteiger charge is 2.64. The molecule has 1 aromatic carbocycles. The van der Waals surface area contributed by atoms with Gasteiger partial charge in [-0.2, -0.15) is 0 Å². The number of benzene rings is 1. The van der Waals surface area contributed by atoms with Crippen LogP contribution in [-0.2, 0) is 10.3 Å². The Balaban J connectivity index is 1.41. The molecule has 1 aromatic rings. The summed E-state index contributed by atoms with van der Waals surface area (Å²) in [5.74, 6) is 1.92. The van der Waals surface area contributed by atoms with Crippen LogP contribution in [0.2, 0.25) is 5.02 Å². The van der Waals surface area contributed by atoms with Crippen molar-refractivity contribution in [3.63, 3.8) is 0 Å². The van der Waals surface area contributed by atoms with E-state index < -0.39 is 5.60 Å². The quantitative estimate of drug-likeness (QED) is 0.571. The van der Waals surface area contributed by atoms with E-state index in [4.69, 9.17) is 21.4 Å². The van der Waals surface area contributed by atoms with Crippen molar-refractivity contribution in [2.75, 3.05) is 13.2 Å². The minimum Gasteiger partial charge on any atom is -0.394 e. The average Bonchev–Trinajstić information content (AvgIpc) is 3.04. The predicted octanol–water partition coefficient (Wildman–Crippen LogP) is 5.87. The second-order valence-corrected chi connectivity index (χ2v) is 11.5. The van der Waals surface area contributed by atoms with Crippen LogP contribution in [0.1, 0.15) is 70.8 Å². The van der Waals surface area contributed by atoms with Crippen LogP contribution >= 0.6 is 11.6 Å². The maximum Gasteiger partial charge on any atom is 0.0952 e. The number of hydrogen-bond donors (Lipinski definition) is 2. The lowest BCUT2D eigenvalue weighted by molar-refractivity contribution is -0.130. The third kappa shape index (κ3) is 3.26. The number of allylic oxidation sites excluding steroid dienone is 1. The van der Waals surface area contributed by atoms with E-state index in [0.29, 0.717) is 24.4 Å². The monoisotopic (exact) mass is 444 g/mol. The molecule has 0 aromatic heterocycles. The first-order valence-corrected chi connectivity index (χ1v) is 12.6. The minimum atomic E-state index is -0.756. The number of rotatable bonds is 4. The lowest BCUT2D eigenvalue weighted by atomic mass is 9.46. The van der Waals surface area contributed by atoms with Crippen molar-refractivity contribution < 1.29 is 14.9 Å². The van der Waals surface area contributed by atoms with E-state index in [-0.39, 0.29) is 23.5 Å². The molecule has 31 heavy (non-hydrogen) atoms. The van der Waals surface area contributed by atoms with Crippen molar-refractivity contribution in [3.8, 4) is 0 Å². The molecule has 2 N–H and O–H groups in total. The van der Waals surface area contributed by atoms with Crippen LogP contribution in [0.25, 0.3) is 0 Å². The number of fused-ring (bicyclic) bond motifs is 5. The van der Waals surface area contributed by atoms with Gasteiger partial charge in [-0.3, -0.25) is 0 Å². The van der Waals surface area contributed by atoms with Gasteiger partial charge in [-0.05, 0) is 92.2 Å². The molecule has 0 amide bonds. The molecule has 4 aliphatic rings. The summed E-state index contributed by atoms with van der Waals surface area (Å²) in [7, 11) is 0. The molecule has 4 heteroatoms. The molecular formula is C27H37ClO3. The summed E-state index contributed by atoms with van der Waals surface area (Å²) in [4.78, 5) is 0. The van der Waals surface area contributed by atoms with Crippen molar-refractivity contribution in [2.45, 2.75) is 76.9 Å². The van der Waals surface area contributed by atoms with Crippen LogP contribution in [0.4, 0.5) is 0 Å². The maximum atomic E-state index is 12.0. The van der Waals surface area contributed by atoms with Crippen molar-refractivity contribution in [1.29, 1.82) is 0 Å².